The summed E-state index contributed by atoms with van der Waals surface area (Å²) in [6.45, 7) is 6.22. The zero-order valence-electron chi connectivity index (χ0n) is 39.2. The fourth-order valence-corrected chi connectivity index (χ4v) is 8.52. The van der Waals surface area contributed by atoms with E-state index in [1.165, 1.54) is 129 Å². The van der Waals surface area contributed by atoms with Crippen LogP contribution in [0.25, 0.3) is 0 Å². The van der Waals surface area contributed by atoms with Crippen LogP contribution in [0.15, 0.2) is 0 Å². The minimum Gasteiger partial charge on any atom is -0.462 e. The summed E-state index contributed by atoms with van der Waals surface area (Å²) in [6, 6.07) is 0. The molecular formula is C48H90O12S. The Kier molecular flexibility index (Phi) is 36.2. The highest BCUT2D eigenvalue weighted by Gasteiger charge is 2.48. The van der Waals surface area contributed by atoms with E-state index in [9.17, 15) is 27.4 Å². The molecule has 0 aromatic carbocycles. The monoisotopic (exact) mass is 891 g/mol. The van der Waals surface area contributed by atoms with Gasteiger partial charge in [-0.3, -0.25) is 18.9 Å². The van der Waals surface area contributed by atoms with E-state index in [-0.39, 0.29) is 25.2 Å². The lowest BCUT2D eigenvalue weighted by molar-refractivity contribution is -0.269. The van der Waals surface area contributed by atoms with Crippen molar-refractivity contribution in [1.82, 2.24) is 0 Å². The number of esters is 3. The van der Waals surface area contributed by atoms with Crippen molar-refractivity contribution >= 4 is 28.3 Å². The molecule has 0 aromatic heterocycles. The summed E-state index contributed by atoms with van der Waals surface area (Å²) in [5.41, 5.74) is 0. The molecule has 0 radical (unpaired) electrons. The highest BCUT2D eigenvalue weighted by molar-refractivity contribution is 7.80. The van der Waals surface area contributed by atoms with E-state index in [2.05, 4.69) is 20.8 Å². The first kappa shape index (κ1) is 57.2. The van der Waals surface area contributed by atoms with Crippen molar-refractivity contribution in [2.75, 3.05) is 13.7 Å². The lowest BCUT2D eigenvalue weighted by Crippen LogP contribution is -2.58. The minimum atomic E-state index is -5.01. The third-order valence-corrected chi connectivity index (χ3v) is 12.2. The van der Waals surface area contributed by atoms with Gasteiger partial charge in [0.2, 0.25) is 0 Å². The maximum absolute atomic E-state index is 13.6. The van der Waals surface area contributed by atoms with Crippen LogP contribution in [0.2, 0.25) is 0 Å². The lowest BCUT2D eigenvalue weighted by Gasteiger charge is -2.39. The van der Waals surface area contributed by atoms with Crippen LogP contribution < -0.4 is 0 Å². The second kappa shape index (κ2) is 38.6. The van der Waals surface area contributed by atoms with E-state index in [0.717, 1.165) is 64.2 Å². The number of carbonyl (C=O) groups is 3. The van der Waals surface area contributed by atoms with Crippen molar-refractivity contribution < 1.29 is 55.2 Å². The average Bonchev–Trinajstić information content (AvgIpc) is 3.22. The van der Waals surface area contributed by atoms with Crippen molar-refractivity contribution in [3.8, 4) is 0 Å². The maximum Gasteiger partial charge on any atom is 0.397 e. The van der Waals surface area contributed by atoms with Gasteiger partial charge in [0, 0.05) is 20.0 Å². The first-order valence-corrected chi connectivity index (χ1v) is 26.3. The molecule has 61 heavy (non-hydrogen) atoms. The van der Waals surface area contributed by atoms with Gasteiger partial charge in [0.15, 0.2) is 18.5 Å². The molecule has 1 aliphatic rings. The fourth-order valence-electron chi connectivity index (χ4n) is 8.05. The van der Waals surface area contributed by atoms with Crippen LogP contribution in [0.5, 0.6) is 0 Å². The maximum atomic E-state index is 13.6. The van der Waals surface area contributed by atoms with E-state index < -0.39 is 59.7 Å². The van der Waals surface area contributed by atoms with Crippen LogP contribution in [0.3, 0.4) is 0 Å². The highest BCUT2D eigenvalue weighted by atomic mass is 32.3. The summed E-state index contributed by atoms with van der Waals surface area (Å²) in [6.07, 6.45) is 29.4. The smallest absolute Gasteiger partial charge is 0.397 e. The molecule has 0 spiro atoms. The molecule has 1 fully saturated rings. The quantitative estimate of drug-likeness (QED) is 0.0268. The zero-order chi connectivity index (χ0) is 44.8. The Morgan fingerprint density at radius 2 is 0.918 bits per heavy atom. The molecule has 13 heteroatoms. The summed E-state index contributed by atoms with van der Waals surface area (Å²) in [5, 5.41) is 0. The van der Waals surface area contributed by atoms with Crippen LogP contribution in [0.4, 0.5) is 0 Å². The molecule has 12 nitrogen and oxygen atoms in total. The van der Waals surface area contributed by atoms with Crippen LogP contribution in [-0.2, 0) is 52.7 Å². The Balaban J connectivity index is 2.83. The number of carbonyl (C=O) groups excluding carboxylic acids is 3. The van der Waals surface area contributed by atoms with Crippen LogP contribution >= 0.6 is 0 Å². The second-order valence-electron chi connectivity index (χ2n) is 17.4. The average molecular weight is 891 g/mol. The number of unbranched alkanes of at least 4 members (excludes halogenated alkanes) is 28. The predicted molar refractivity (Wildman–Crippen MR) is 241 cm³/mol. The molecule has 1 aliphatic heterocycles. The predicted octanol–water partition coefficient (Wildman–Crippen LogP) is 12.6. The molecule has 1 heterocycles. The van der Waals surface area contributed by atoms with Gasteiger partial charge >= 0.3 is 28.3 Å². The minimum absolute atomic E-state index is 0.102. The molecule has 5 atom stereocenters. The largest absolute Gasteiger partial charge is 0.462 e. The Labute approximate surface area is 372 Å². The molecular weight excluding hydrogens is 801 g/mol. The van der Waals surface area contributed by atoms with Gasteiger partial charge in [-0.05, 0) is 25.7 Å². The van der Waals surface area contributed by atoms with Crippen molar-refractivity contribution in [3.63, 3.8) is 0 Å². The molecule has 0 aromatic rings. The summed E-state index contributed by atoms with van der Waals surface area (Å²) in [5.74, 6) is -1.74. The topological polar surface area (TPSA) is 161 Å². The zero-order valence-corrected chi connectivity index (χ0v) is 40.0. The normalized spacial score (nSPS) is 18.5. The number of rotatable bonds is 42. The summed E-state index contributed by atoms with van der Waals surface area (Å²) >= 11 is 0. The number of hydrogen-bond donors (Lipinski definition) is 1. The Bertz CT molecular complexity index is 1180. The van der Waals surface area contributed by atoms with Crippen LogP contribution in [0, 0.1) is 0 Å². The molecule has 1 N–H and O–H groups in total. The highest BCUT2D eigenvalue weighted by Crippen LogP contribution is 2.27. The van der Waals surface area contributed by atoms with Crippen molar-refractivity contribution in [3.05, 3.63) is 0 Å². The van der Waals surface area contributed by atoms with Gasteiger partial charge in [-0.1, -0.05) is 201 Å². The number of hydrogen-bond acceptors (Lipinski definition) is 11. The molecule has 1 saturated heterocycles. The van der Waals surface area contributed by atoms with Gasteiger partial charge < -0.3 is 23.7 Å². The summed E-state index contributed by atoms with van der Waals surface area (Å²) in [7, 11) is -3.68. The lowest BCUT2D eigenvalue weighted by atomic mass is 10.0. The van der Waals surface area contributed by atoms with Crippen molar-refractivity contribution in [1.29, 1.82) is 0 Å². The van der Waals surface area contributed by atoms with E-state index in [0.29, 0.717) is 19.3 Å². The number of methoxy groups -OCH3 is 1. The van der Waals surface area contributed by atoms with Crippen LogP contribution in [0.1, 0.15) is 245 Å². The molecule has 360 valence electrons. The fraction of sp³-hybridized carbons (Fsp3) is 0.938. The third-order valence-electron chi connectivity index (χ3n) is 11.7. The molecule has 0 amide bonds. The molecule has 0 saturated carbocycles. The number of ether oxygens (including phenoxy) is 5. The third kappa shape index (κ3) is 32.5. The summed E-state index contributed by atoms with van der Waals surface area (Å²) in [4.78, 5) is 39.8. The first-order valence-electron chi connectivity index (χ1n) is 24.9. The Hall–Kier alpha value is -1.80. The van der Waals surface area contributed by atoms with Gasteiger partial charge in [-0.25, -0.2) is 4.18 Å². The molecule has 1 rings (SSSR count). The van der Waals surface area contributed by atoms with Gasteiger partial charge in [0.25, 0.3) is 0 Å². The van der Waals surface area contributed by atoms with Gasteiger partial charge in [0.1, 0.15) is 12.2 Å². The molecule has 0 bridgehead atoms. The Morgan fingerprint density at radius 1 is 0.541 bits per heavy atom. The standard InChI is InChI=1S/C48H90O12S/c1-5-8-11-14-17-20-22-25-28-31-34-37-43(49)57-41(36-33-30-27-24-19-16-13-10-7-3)39-45(51)59-46-42(60-61(52,53)54)40-56-48(55-4)47(46)58-44(50)38-35-32-29-26-23-21-18-15-12-9-6-2/h41-42,46-48H,5-40H2,1-4H3,(H,52,53,54)/t41?,42-,46-,47+,48-/m0/s1. The molecule has 1 unspecified atom stereocenters. The van der Waals surface area contributed by atoms with Crippen molar-refractivity contribution in [2.24, 2.45) is 0 Å². The van der Waals surface area contributed by atoms with Crippen molar-refractivity contribution in [2.45, 2.75) is 276 Å². The second-order valence-corrected chi connectivity index (χ2v) is 18.5. The first-order chi connectivity index (χ1) is 29.5. The van der Waals surface area contributed by atoms with Gasteiger partial charge in [-0.2, -0.15) is 8.42 Å². The van der Waals surface area contributed by atoms with E-state index in [1.807, 2.05) is 0 Å². The van der Waals surface area contributed by atoms with Crippen LogP contribution in [-0.4, -0.2) is 75.3 Å². The van der Waals surface area contributed by atoms with Gasteiger partial charge in [-0.15, -0.1) is 0 Å². The molecule has 0 aliphatic carbocycles. The van der Waals surface area contributed by atoms with E-state index in [4.69, 9.17) is 27.9 Å². The Morgan fingerprint density at radius 3 is 1.33 bits per heavy atom. The van der Waals surface area contributed by atoms with Gasteiger partial charge in [0.05, 0.1) is 13.0 Å². The SMILES string of the molecule is CCCCCCCCCCCCCC(=O)OC(CCCCCCCCCCC)CC(=O)O[C@@H]1[C@@H](OC(=O)CCCCCCCCCCCCC)[C@@H](OC)OC[C@@H]1OS(=O)(=O)O. The van der Waals surface area contributed by atoms with E-state index >= 15 is 0 Å². The summed E-state index contributed by atoms with van der Waals surface area (Å²) < 4.78 is 66.6. The van der Waals surface area contributed by atoms with E-state index in [1.54, 1.807) is 0 Å².